The van der Waals surface area contributed by atoms with E-state index < -0.39 is 128 Å². The lowest BCUT2D eigenvalue weighted by Gasteiger charge is -2.27. The largest absolute Gasteiger partial charge is 0.481 e. The molecule has 0 radical (unpaired) electrons. The maximum absolute atomic E-state index is 13.6. The van der Waals surface area contributed by atoms with Crippen LogP contribution in [0.25, 0.3) is 0 Å². The SMILES string of the molecule is CC(C)C[C@H](NC(=O)[C@H](CO)NC(=O)[C@H](CC(=O)O)NC(=O)[C@H](CC(C)C)NC(=O)[C@H](CC(C)C)NC(=O)[C@@H]([NH3+])CC(=O)O)C(=O)NCC(=O)N[C@@H](Cc1ccccc1)C(=O)O. The third-order valence-corrected chi connectivity index (χ3v) is 8.98. The van der Waals surface area contributed by atoms with Crippen LogP contribution < -0.4 is 43.0 Å². The molecule has 7 amide bonds. The summed E-state index contributed by atoms with van der Waals surface area (Å²) in [5, 5.41) is 54.8. The standard InChI is InChI=1S/C40H62N8O14/c1-20(2)12-25(35(56)42-18-31(50)43-29(40(61)62)15-23-10-8-7-9-11-23)45-39(60)30(19-49)48-38(59)28(17-33(53)54)47-37(58)27(14-22(5)6)46-36(57)26(13-21(3)4)44-34(55)24(41)16-32(51)52/h7-11,20-22,24-30,49H,12-19,41H2,1-6H3,(H,42,56)(H,43,50)(H,44,55)(H,45,60)(H,46,57)(H,47,58)(H,48,59)(H,51,52)(H,53,54)(H,61,62)/p+1/t24-,25-,26-,27-,28-,29-,30-/m0/s1. The molecule has 0 aromatic heterocycles. The number of aliphatic carboxylic acids is 3. The van der Waals surface area contributed by atoms with E-state index in [2.05, 4.69) is 43.0 Å². The molecule has 0 fully saturated rings. The number of carbonyl (C=O) groups is 10. The van der Waals surface area contributed by atoms with Crippen molar-refractivity contribution in [2.75, 3.05) is 13.2 Å². The van der Waals surface area contributed by atoms with Crippen LogP contribution in [-0.2, 0) is 54.4 Å². The first-order chi connectivity index (χ1) is 28.9. The van der Waals surface area contributed by atoms with E-state index in [0.29, 0.717) is 5.56 Å². The second-order valence-corrected chi connectivity index (χ2v) is 16.1. The fourth-order valence-electron chi connectivity index (χ4n) is 5.95. The van der Waals surface area contributed by atoms with Gasteiger partial charge >= 0.3 is 17.9 Å². The van der Waals surface area contributed by atoms with Crippen LogP contribution in [-0.4, -0.2) is 135 Å². The maximum Gasteiger partial charge on any atom is 0.326 e. The van der Waals surface area contributed by atoms with Gasteiger partial charge in [-0.1, -0.05) is 71.9 Å². The van der Waals surface area contributed by atoms with E-state index in [0.717, 1.165) is 0 Å². The molecule has 0 aliphatic heterocycles. The summed E-state index contributed by atoms with van der Waals surface area (Å²) in [5.74, 6) is -11.4. The van der Waals surface area contributed by atoms with Crippen molar-refractivity contribution in [2.45, 2.75) is 122 Å². The molecule has 0 saturated carbocycles. The topological polar surface area (TPSA) is 363 Å². The first kappa shape index (κ1) is 53.9. The minimum Gasteiger partial charge on any atom is -0.481 e. The van der Waals surface area contributed by atoms with Gasteiger partial charge in [0.15, 0.2) is 6.04 Å². The highest BCUT2D eigenvalue weighted by Crippen LogP contribution is 2.11. The number of amides is 7. The van der Waals surface area contributed by atoms with Crippen molar-refractivity contribution in [3.05, 3.63) is 35.9 Å². The van der Waals surface area contributed by atoms with E-state index in [-0.39, 0.29) is 43.4 Å². The molecule has 14 N–H and O–H groups in total. The lowest BCUT2D eigenvalue weighted by molar-refractivity contribution is -0.403. The van der Waals surface area contributed by atoms with E-state index in [4.69, 9.17) is 5.11 Å². The van der Waals surface area contributed by atoms with Crippen LogP contribution in [0.3, 0.4) is 0 Å². The number of quaternary nitrogens is 1. The second-order valence-electron chi connectivity index (χ2n) is 16.1. The van der Waals surface area contributed by atoms with E-state index >= 15 is 0 Å². The molecule has 0 aliphatic rings. The minimum atomic E-state index is -1.85. The quantitative estimate of drug-likeness (QED) is 0.0400. The molecule has 0 heterocycles. The normalized spacial score (nSPS) is 14.5. The molecule has 1 aromatic rings. The van der Waals surface area contributed by atoms with Crippen LogP contribution in [0.4, 0.5) is 0 Å². The van der Waals surface area contributed by atoms with Crippen molar-refractivity contribution in [3.8, 4) is 0 Å². The third kappa shape index (κ3) is 20.9. The van der Waals surface area contributed by atoms with Gasteiger partial charge in [0.05, 0.1) is 19.6 Å². The zero-order valence-corrected chi connectivity index (χ0v) is 35.9. The predicted octanol–water partition coefficient (Wildman–Crippen LogP) is -2.97. The fourth-order valence-corrected chi connectivity index (χ4v) is 5.95. The zero-order valence-electron chi connectivity index (χ0n) is 35.9. The Hall–Kier alpha value is -6.16. The summed E-state index contributed by atoms with van der Waals surface area (Å²) in [4.78, 5) is 127. The highest BCUT2D eigenvalue weighted by atomic mass is 16.4. The lowest BCUT2D eigenvalue weighted by atomic mass is 9.99. The van der Waals surface area contributed by atoms with E-state index in [1.165, 1.54) is 0 Å². The van der Waals surface area contributed by atoms with Gasteiger partial charge in [-0.3, -0.25) is 43.2 Å². The van der Waals surface area contributed by atoms with Crippen molar-refractivity contribution in [1.29, 1.82) is 0 Å². The monoisotopic (exact) mass is 879 g/mol. The second kappa shape index (κ2) is 26.9. The molecule has 62 heavy (non-hydrogen) atoms. The third-order valence-electron chi connectivity index (χ3n) is 8.98. The maximum atomic E-state index is 13.6. The van der Waals surface area contributed by atoms with Crippen LogP contribution in [0, 0.1) is 17.8 Å². The molecule has 1 rings (SSSR count). The van der Waals surface area contributed by atoms with Gasteiger partial charge in [-0.15, -0.1) is 0 Å². The minimum absolute atomic E-state index is 0.0116. The van der Waals surface area contributed by atoms with Crippen LogP contribution in [0.5, 0.6) is 0 Å². The number of hydrogen-bond acceptors (Lipinski definition) is 11. The number of aliphatic hydroxyl groups is 1. The van der Waals surface area contributed by atoms with Crippen molar-refractivity contribution < 1.29 is 74.1 Å². The first-order valence-corrected chi connectivity index (χ1v) is 20.2. The van der Waals surface area contributed by atoms with Crippen molar-refractivity contribution >= 4 is 59.3 Å². The summed E-state index contributed by atoms with van der Waals surface area (Å²) in [6.07, 6.45) is -1.56. The summed E-state index contributed by atoms with van der Waals surface area (Å²) in [6.45, 7) is 8.69. The zero-order chi connectivity index (χ0) is 47.3. The molecule has 0 unspecified atom stereocenters. The highest BCUT2D eigenvalue weighted by Gasteiger charge is 2.35. The summed E-state index contributed by atoms with van der Waals surface area (Å²) in [7, 11) is 0. The molecule has 0 bridgehead atoms. The Morgan fingerprint density at radius 1 is 0.516 bits per heavy atom. The molecule has 0 spiro atoms. The van der Waals surface area contributed by atoms with E-state index in [9.17, 15) is 63.3 Å². The predicted molar refractivity (Wildman–Crippen MR) is 219 cm³/mol. The summed E-state index contributed by atoms with van der Waals surface area (Å²) in [6, 6.07) is -1.57. The van der Waals surface area contributed by atoms with Crippen molar-refractivity contribution in [1.82, 2.24) is 37.2 Å². The molecular formula is C40H63N8O14+. The Kier molecular flexibility index (Phi) is 23.4. The lowest BCUT2D eigenvalue weighted by Crippen LogP contribution is -2.69. The molecule has 0 saturated heterocycles. The van der Waals surface area contributed by atoms with Crippen LogP contribution in [0.1, 0.15) is 79.2 Å². The number of aliphatic hydroxyl groups excluding tert-OH is 1. The Balaban J connectivity index is 3.13. The molecule has 22 heteroatoms. The number of rotatable bonds is 28. The van der Waals surface area contributed by atoms with Gasteiger partial charge in [-0.05, 0) is 42.6 Å². The van der Waals surface area contributed by atoms with Gasteiger partial charge in [-0.25, -0.2) is 4.79 Å². The average molecular weight is 880 g/mol. The number of carboxylic acid groups (broad SMARTS) is 3. The number of benzene rings is 1. The smallest absolute Gasteiger partial charge is 0.326 e. The van der Waals surface area contributed by atoms with Gasteiger partial charge < -0.3 is 63.4 Å². The van der Waals surface area contributed by atoms with E-state index in [1.54, 1.807) is 71.9 Å². The number of hydrogen-bond donors (Lipinski definition) is 12. The van der Waals surface area contributed by atoms with E-state index in [1.807, 2.05) is 0 Å². The summed E-state index contributed by atoms with van der Waals surface area (Å²) < 4.78 is 0. The Morgan fingerprint density at radius 2 is 0.919 bits per heavy atom. The Labute approximate surface area is 359 Å². The molecule has 0 aliphatic carbocycles. The Morgan fingerprint density at radius 3 is 1.35 bits per heavy atom. The molecule has 22 nitrogen and oxygen atoms in total. The molecule has 7 atom stereocenters. The fraction of sp³-hybridized carbons (Fsp3) is 0.600. The summed E-state index contributed by atoms with van der Waals surface area (Å²) >= 11 is 0. The molecule has 1 aromatic carbocycles. The molecular weight excluding hydrogens is 816 g/mol. The number of carboxylic acids is 3. The number of nitrogens with one attached hydrogen (secondary N) is 7. The first-order valence-electron chi connectivity index (χ1n) is 20.2. The van der Waals surface area contributed by atoms with Crippen molar-refractivity contribution in [3.63, 3.8) is 0 Å². The van der Waals surface area contributed by atoms with Gasteiger partial charge in [0.25, 0.3) is 5.91 Å². The van der Waals surface area contributed by atoms with Crippen LogP contribution in [0.2, 0.25) is 0 Å². The number of carbonyl (C=O) groups excluding carboxylic acids is 7. The Bertz CT molecular complexity index is 1720. The van der Waals surface area contributed by atoms with Crippen LogP contribution in [0.15, 0.2) is 30.3 Å². The van der Waals surface area contributed by atoms with Gasteiger partial charge in [0.2, 0.25) is 35.4 Å². The van der Waals surface area contributed by atoms with Crippen LogP contribution >= 0.6 is 0 Å². The van der Waals surface area contributed by atoms with Gasteiger partial charge in [-0.2, -0.15) is 0 Å². The van der Waals surface area contributed by atoms with Gasteiger partial charge in [0, 0.05) is 6.42 Å². The highest BCUT2D eigenvalue weighted by molar-refractivity contribution is 5.98. The average Bonchev–Trinajstić information content (AvgIpc) is 3.16. The summed E-state index contributed by atoms with van der Waals surface area (Å²) in [5.41, 5.74) is 4.16. The van der Waals surface area contributed by atoms with Gasteiger partial charge in [0.1, 0.15) is 42.7 Å². The van der Waals surface area contributed by atoms with Crippen molar-refractivity contribution in [2.24, 2.45) is 17.8 Å². The molecule has 346 valence electrons.